The van der Waals surface area contributed by atoms with E-state index in [-0.39, 0.29) is 5.82 Å². The zero-order valence-corrected chi connectivity index (χ0v) is 15.1. The Balaban J connectivity index is 2.08. The Morgan fingerprint density at radius 1 is 1.08 bits per heavy atom. The van der Waals surface area contributed by atoms with Crippen molar-refractivity contribution < 1.29 is 9.18 Å². The molecule has 134 valence electrons. The number of aromatic nitrogens is 1. The molecule has 0 saturated carbocycles. The Morgan fingerprint density at radius 3 is 2.35 bits per heavy atom. The molecule has 2 N–H and O–H groups in total. The molecule has 0 aliphatic heterocycles. The van der Waals surface area contributed by atoms with E-state index in [1.54, 1.807) is 12.1 Å². The minimum absolute atomic E-state index is 0.200. The molecular weight excluding hydrogens is 327 g/mol. The Kier molecular flexibility index (Phi) is 5.21. The van der Waals surface area contributed by atoms with Gasteiger partial charge in [0.15, 0.2) is 0 Å². The Bertz CT molecular complexity index is 929. The second-order valence-electron chi connectivity index (χ2n) is 6.36. The zero-order valence-electron chi connectivity index (χ0n) is 15.1. The first kappa shape index (κ1) is 17.9. The van der Waals surface area contributed by atoms with Crippen molar-refractivity contribution in [2.45, 2.75) is 33.2 Å². The minimum Gasteiger partial charge on any atom is -0.366 e. The monoisotopic (exact) mass is 350 g/mol. The van der Waals surface area contributed by atoms with Gasteiger partial charge >= 0.3 is 0 Å². The van der Waals surface area contributed by atoms with Gasteiger partial charge in [0.2, 0.25) is 0 Å². The highest BCUT2D eigenvalue weighted by Gasteiger charge is 2.23. The lowest BCUT2D eigenvalue weighted by Gasteiger charge is -2.12. The molecule has 0 aliphatic rings. The molecule has 1 amide bonds. The lowest BCUT2D eigenvalue weighted by Crippen LogP contribution is -2.14. The van der Waals surface area contributed by atoms with Crippen molar-refractivity contribution in [2.24, 2.45) is 5.73 Å². The van der Waals surface area contributed by atoms with Crippen LogP contribution in [-0.2, 0) is 19.4 Å². The summed E-state index contributed by atoms with van der Waals surface area (Å²) in [4.78, 5) is 12.2. The molecular formula is C22H23FN2O. The molecule has 0 radical (unpaired) electrons. The highest BCUT2D eigenvalue weighted by Crippen LogP contribution is 2.33. The number of halogens is 1. The van der Waals surface area contributed by atoms with Gasteiger partial charge in [0.25, 0.3) is 5.91 Å². The molecule has 4 heteroatoms. The van der Waals surface area contributed by atoms with Crippen molar-refractivity contribution in [2.75, 3.05) is 0 Å². The van der Waals surface area contributed by atoms with Gasteiger partial charge in [-0.1, -0.05) is 55.5 Å². The van der Waals surface area contributed by atoms with Gasteiger partial charge in [-0.25, -0.2) is 4.39 Å². The third-order valence-corrected chi connectivity index (χ3v) is 4.84. The summed E-state index contributed by atoms with van der Waals surface area (Å²) in [5.74, 6) is -0.630. The first-order valence-electron chi connectivity index (χ1n) is 8.85. The number of benzene rings is 2. The topological polar surface area (TPSA) is 48.0 Å². The smallest absolute Gasteiger partial charge is 0.251 e. The molecule has 0 saturated heterocycles. The van der Waals surface area contributed by atoms with E-state index in [0.717, 1.165) is 28.9 Å². The van der Waals surface area contributed by atoms with Gasteiger partial charge in [0.05, 0.1) is 5.56 Å². The van der Waals surface area contributed by atoms with E-state index >= 15 is 0 Å². The van der Waals surface area contributed by atoms with Crippen molar-refractivity contribution in [3.63, 3.8) is 0 Å². The second kappa shape index (κ2) is 7.56. The minimum atomic E-state index is -0.430. The van der Waals surface area contributed by atoms with E-state index in [1.165, 1.54) is 6.07 Å². The average Bonchev–Trinajstić information content (AvgIpc) is 2.93. The molecule has 3 rings (SSSR count). The molecule has 0 fully saturated rings. The van der Waals surface area contributed by atoms with Crippen LogP contribution in [-0.4, -0.2) is 10.5 Å². The van der Waals surface area contributed by atoms with E-state index in [2.05, 4.69) is 11.5 Å². The number of hydrogen-bond acceptors (Lipinski definition) is 1. The maximum atomic E-state index is 14.0. The molecule has 3 aromatic rings. The summed E-state index contributed by atoms with van der Waals surface area (Å²) in [6.45, 7) is 4.57. The van der Waals surface area contributed by atoms with Gasteiger partial charge in [-0.3, -0.25) is 4.79 Å². The molecule has 0 atom stereocenters. The number of hydrogen-bond donors (Lipinski definition) is 1. The van der Waals surface area contributed by atoms with Crippen molar-refractivity contribution in [1.29, 1.82) is 0 Å². The number of nitrogens with zero attached hydrogens (tertiary/aromatic N) is 1. The molecule has 3 nitrogen and oxygen atoms in total. The predicted octanol–water partition coefficient (Wildman–Crippen LogP) is 4.51. The zero-order chi connectivity index (χ0) is 18.7. The van der Waals surface area contributed by atoms with Gasteiger partial charge in [-0.2, -0.15) is 0 Å². The van der Waals surface area contributed by atoms with Crippen LogP contribution >= 0.6 is 0 Å². The normalized spacial score (nSPS) is 10.9. The number of rotatable bonds is 6. The average molecular weight is 350 g/mol. The molecule has 2 aromatic carbocycles. The van der Waals surface area contributed by atoms with Gasteiger partial charge in [-0.05, 0) is 37.0 Å². The van der Waals surface area contributed by atoms with E-state index < -0.39 is 5.91 Å². The Hall–Kier alpha value is -2.88. The van der Waals surface area contributed by atoms with Gasteiger partial charge in [0, 0.05) is 23.5 Å². The van der Waals surface area contributed by atoms with Crippen molar-refractivity contribution >= 4 is 5.91 Å². The third-order valence-electron chi connectivity index (χ3n) is 4.84. The van der Waals surface area contributed by atoms with Crippen LogP contribution in [0.4, 0.5) is 4.39 Å². The predicted molar refractivity (Wildman–Crippen MR) is 103 cm³/mol. The van der Waals surface area contributed by atoms with Gasteiger partial charge in [0.1, 0.15) is 5.82 Å². The van der Waals surface area contributed by atoms with Crippen LogP contribution in [0.2, 0.25) is 0 Å². The summed E-state index contributed by atoms with van der Waals surface area (Å²) < 4.78 is 16.1. The molecule has 1 aromatic heterocycles. The lowest BCUT2D eigenvalue weighted by atomic mass is 9.99. The summed E-state index contributed by atoms with van der Waals surface area (Å²) in [7, 11) is 0. The first-order valence-corrected chi connectivity index (χ1v) is 8.85. The number of amides is 1. The fourth-order valence-corrected chi connectivity index (χ4v) is 3.62. The van der Waals surface area contributed by atoms with Crippen LogP contribution in [0.15, 0.2) is 54.6 Å². The van der Waals surface area contributed by atoms with Crippen LogP contribution < -0.4 is 5.73 Å². The maximum absolute atomic E-state index is 14.0. The quantitative estimate of drug-likeness (QED) is 0.699. The molecule has 0 bridgehead atoms. The van der Waals surface area contributed by atoms with Crippen LogP contribution in [0.1, 0.15) is 34.2 Å². The molecule has 0 aliphatic carbocycles. The highest BCUT2D eigenvalue weighted by molar-refractivity contribution is 6.02. The van der Waals surface area contributed by atoms with Crippen molar-refractivity contribution in [1.82, 2.24) is 4.57 Å². The summed E-state index contributed by atoms with van der Waals surface area (Å²) in [5.41, 5.74) is 10.7. The summed E-state index contributed by atoms with van der Waals surface area (Å²) in [5, 5.41) is 0. The van der Waals surface area contributed by atoms with Gasteiger partial charge in [-0.15, -0.1) is 0 Å². The standard InChI is InChI=1S/C22H23FN2O/c1-3-19-21(17-10-5-4-6-11-17)20(22(24)26)15(2)25(19)14-13-16-9-7-8-12-18(16)23/h4-12H,3,13-14H2,1-2H3,(H2,24,26). The number of aryl methyl sites for hydroxylation is 1. The second-order valence-corrected chi connectivity index (χ2v) is 6.36. The molecule has 26 heavy (non-hydrogen) atoms. The molecule has 1 heterocycles. The highest BCUT2D eigenvalue weighted by atomic mass is 19.1. The Labute approximate surface area is 153 Å². The number of primary amides is 1. The number of carbonyl (C=O) groups excluding carboxylic acids is 1. The largest absolute Gasteiger partial charge is 0.366 e. The van der Waals surface area contributed by atoms with Crippen molar-refractivity contribution in [3.05, 3.63) is 82.9 Å². The number of nitrogens with two attached hydrogens (primary N) is 1. The third kappa shape index (κ3) is 3.27. The fourth-order valence-electron chi connectivity index (χ4n) is 3.62. The van der Waals surface area contributed by atoms with E-state index in [0.29, 0.717) is 24.1 Å². The fraction of sp³-hybridized carbons (Fsp3) is 0.227. The SMILES string of the molecule is CCc1c(-c2ccccc2)c(C(N)=O)c(C)n1CCc1ccccc1F. The lowest BCUT2D eigenvalue weighted by molar-refractivity contribution is 0.1000. The van der Waals surface area contributed by atoms with E-state index in [4.69, 9.17) is 5.73 Å². The Morgan fingerprint density at radius 2 is 1.73 bits per heavy atom. The molecule has 0 unspecified atom stereocenters. The maximum Gasteiger partial charge on any atom is 0.251 e. The van der Waals surface area contributed by atoms with Crippen LogP contribution in [0.25, 0.3) is 11.1 Å². The van der Waals surface area contributed by atoms with E-state index in [9.17, 15) is 9.18 Å². The summed E-state index contributed by atoms with van der Waals surface area (Å²) in [6, 6.07) is 16.6. The summed E-state index contributed by atoms with van der Waals surface area (Å²) in [6.07, 6.45) is 1.32. The van der Waals surface area contributed by atoms with Crippen LogP contribution in [0.5, 0.6) is 0 Å². The molecule has 0 spiro atoms. The summed E-state index contributed by atoms with van der Waals surface area (Å²) >= 11 is 0. The van der Waals surface area contributed by atoms with Crippen LogP contribution in [0.3, 0.4) is 0 Å². The van der Waals surface area contributed by atoms with Crippen LogP contribution in [0, 0.1) is 12.7 Å². The van der Waals surface area contributed by atoms with E-state index in [1.807, 2.05) is 43.3 Å². The first-order chi connectivity index (χ1) is 12.5. The van der Waals surface area contributed by atoms with Gasteiger partial charge < -0.3 is 10.3 Å². The van der Waals surface area contributed by atoms with Crippen molar-refractivity contribution in [3.8, 4) is 11.1 Å². The number of carbonyl (C=O) groups is 1.